The first-order chi connectivity index (χ1) is 15.3. The molecule has 184 valence electrons. The normalized spacial score (nSPS) is 14.9. The van der Waals surface area contributed by atoms with Gasteiger partial charge in [0.1, 0.15) is 18.3 Å². The Morgan fingerprint density at radius 2 is 1.31 bits per heavy atom. The summed E-state index contributed by atoms with van der Waals surface area (Å²) in [7, 11) is 0. The van der Waals surface area contributed by atoms with Crippen LogP contribution >= 0.6 is 0 Å². The molecule has 10 nitrogen and oxygen atoms in total. The Morgan fingerprint density at radius 3 is 1.78 bits per heavy atom. The van der Waals surface area contributed by atoms with Crippen LogP contribution in [0.1, 0.15) is 50.4 Å². The average Bonchev–Trinajstić information content (AvgIpc) is 2.81. The van der Waals surface area contributed by atoms with Crippen molar-refractivity contribution >= 4 is 5.91 Å². The molecule has 32 heavy (non-hydrogen) atoms. The number of amides is 1. The molecule has 6 N–H and O–H groups in total. The maximum absolute atomic E-state index is 12.7. The highest BCUT2D eigenvalue weighted by Gasteiger charge is 2.30. The van der Waals surface area contributed by atoms with E-state index in [0.717, 1.165) is 19.3 Å². The van der Waals surface area contributed by atoms with Crippen LogP contribution in [0, 0.1) is 0 Å². The molecule has 4 atom stereocenters. The lowest BCUT2D eigenvalue weighted by Crippen LogP contribution is -2.49. The fraction of sp³-hybridized carbons (Fsp3) is 0.682. The number of aliphatic hydroxyl groups excluding tert-OH is 5. The van der Waals surface area contributed by atoms with Gasteiger partial charge in [0.2, 0.25) is 5.75 Å². The summed E-state index contributed by atoms with van der Waals surface area (Å²) < 4.78 is 17.3. The molecule has 0 saturated heterocycles. The van der Waals surface area contributed by atoms with Gasteiger partial charge in [-0.3, -0.25) is 4.79 Å². The fourth-order valence-electron chi connectivity index (χ4n) is 2.68. The van der Waals surface area contributed by atoms with Crippen LogP contribution in [0.4, 0.5) is 0 Å². The lowest BCUT2D eigenvalue weighted by molar-refractivity contribution is -0.113. The third kappa shape index (κ3) is 8.44. The molecule has 0 aliphatic rings. The Balaban J connectivity index is 3.04. The molecule has 0 bridgehead atoms. The molecule has 0 aromatic heterocycles. The Morgan fingerprint density at radius 1 is 0.844 bits per heavy atom. The summed E-state index contributed by atoms with van der Waals surface area (Å²) in [5, 5.41) is 50.3. The van der Waals surface area contributed by atoms with Crippen LogP contribution < -0.4 is 19.5 Å². The zero-order valence-corrected chi connectivity index (χ0v) is 19.0. The number of aliphatic hydroxyl groups is 5. The largest absolute Gasteiger partial charge is 0.490 e. The van der Waals surface area contributed by atoms with Gasteiger partial charge < -0.3 is 45.1 Å². The number of nitrogens with one attached hydrogen (secondary N) is 1. The third-order valence-electron chi connectivity index (χ3n) is 4.45. The van der Waals surface area contributed by atoms with Gasteiger partial charge in [0.05, 0.1) is 32.5 Å². The maximum Gasteiger partial charge on any atom is 0.251 e. The molecule has 1 aromatic carbocycles. The molecule has 0 unspecified atom stereocenters. The van der Waals surface area contributed by atoms with Gasteiger partial charge in [-0.25, -0.2) is 0 Å². The van der Waals surface area contributed by atoms with Crippen LogP contribution in [0.15, 0.2) is 12.1 Å². The van der Waals surface area contributed by atoms with Crippen molar-refractivity contribution in [2.75, 3.05) is 33.0 Å². The Bertz CT molecular complexity index is 656. The maximum atomic E-state index is 12.7. The lowest BCUT2D eigenvalue weighted by Gasteiger charge is -2.25. The van der Waals surface area contributed by atoms with Crippen molar-refractivity contribution in [2.24, 2.45) is 0 Å². The van der Waals surface area contributed by atoms with Gasteiger partial charge in [0.15, 0.2) is 11.5 Å². The number of ether oxygens (including phenoxy) is 3. The summed E-state index contributed by atoms with van der Waals surface area (Å²) in [5.74, 6) is 0.572. The summed E-state index contributed by atoms with van der Waals surface area (Å²) in [6.45, 7) is 5.96. The summed E-state index contributed by atoms with van der Waals surface area (Å²) in [6, 6.07) is 3.03. The fourth-order valence-corrected chi connectivity index (χ4v) is 2.68. The second-order valence-corrected chi connectivity index (χ2v) is 7.36. The molecule has 10 heteroatoms. The SMILES string of the molecule is CCCOc1cc(C(=O)NC[C@H](O)[C@@H](O)[C@H](O)[C@H](O)CO)cc(OCCC)c1OCCC. The number of benzene rings is 1. The standard InChI is InChI=1S/C22H37NO9/c1-4-7-30-17-10-14(11-18(31-8-5-2)21(17)32-9-6-3)22(29)23-12-15(25)19(27)20(28)16(26)13-24/h10-11,15-16,19-20,24-28H,4-9,12-13H2,1-3H3,(H,23,29)/t15-,16+,19+,20+/m0/s1. The van der Waals surface area contributed by atoms with E-state index in [0.29, 0.717) is 37.1 Å². The second-order valence-electron chi connectivity index (χ2n) is 7.36. The Hall–Kier alpha value is -2.11. The molecule has 0 aliphatic carbocycles. The van der Waals surface area contributed by atoms with Crippen LogP contribution in [-0.4, -0.2) is 88.8 Å². The van der Waals surface area contributed by atoms with Crippen LogP contribution in [-0.2, 0) is 0 Å². The molecular weight excluding hydrogens is 422 g/mol. The topological polar surface area (TPSA) is 158 Å². The highest BCUT2D eigenvalue weighted by atomic mass is 16.5. The van der Waals surface area contributed by atoms with Gasteiger partial charge >= 0.3 is 0 Å². The predicted octanol–water partition coefficient (Wildman–Crippen LogP) is 0.219. The van der Waals surface area contributed by atoms with E-state index in [2.05, 4.69) is 5.32 Å². The Labute approximate surface area is 188 Å². The first-order valence-electron chi connectivity index (χ1n) is 11.0. The molecule has 0 heterocycles. The molecular formula is C22H37NO9. The van der Waals surface area contributed by atoms with E-state index >= 15 is 0 Å². The van der Waals surface area contributed by atoms with Crippen molar-refractivity contribution in [3.63, 3.8) is 0 Å². The molecule has 0 spiro atoms. The smallest absolute Gasteiger partial charge is 0.251 e. The minimum Gasteiger partial charge on any atom is -0.490 e. The van der Waals surface area contributed by atoms with E-state index < -0.39 is 43.5 Å². The zero-order valence-electron chi connectivity index (χ0n) is 19.0. The number of carbonyl (C=O) groups is 1. The highest BCUT2D eigenvalue weighted by molar-refractivity contribution is 5.95. The van der Waals surface area contributed by atoms with Crippen molar-refractivity contribution < 1.29 is 44.5 Å². The van der Waals surface area contributed by atoms with E-state index in [1.54, 1.807) is 0 Å². The molecule has 0 fully saturated rings. The minimum absolute atomic E-state index is 0.198. The van der Waals surface area contributed by atoms with Crippen molar-refractivity contribution in [3.8, 4) is 17.2 Å². The summed E-state index contributed by atoms with van der Waals surface area (Å²) in [5.41, 5.74) is 0.198. The average molecular weight is 460 g/mol. The molecule has 0 radical (unpaired) electrons. The minimum atomic E-state index is -1.77. The van der Waals surface area contributed by atoms with E-state index in [1.807, 2.05) is 20.8 Å². The molecule has 0 aliphatic heterocycles. The first-order valence-corrected chi connectivity index (χ1v) is 11.0. The molecule has 1 aromatic rings. The summed E-state index contributed by atoms with van der Waals surface area (Å²) >= 11 is 0. The monoisotopic (exact) mass is 459 g/mol. The van der Waals surface area contributed by atoms with Crippen LogP contribution in [0.2, 0.25) is 0 Å². The van der Waals surface area contributed by atoms with Gasteiger partial charge in [-0.2, -0.15) is 0 Å². The zero-order chi connectivity index (χ0) is 24.1. The number of hydrogen-bond donors (Lipinski definition) is 6. The van der Waals surface area contributed by atoms with Gasteiger partial charge in [-0.05, 0) is 31.4 Å². The number of hydrogen-bond acceptors (Lipinski definition) is 9. The van der Waals surface area contributed by atoms with Crippen molar-refractivity contribution in [2.45, 2.75) is 64.4 Å². The van der Waals surface area contributed by atoms with E-state index in [4.69, 9.17) is 19.3 Å². The van der Waals surface area contributed by atoms with Crippen molar-refractivity contribution in [1.29, 1.82) is 0 Å². The summed E-state index contributed by atoms with van der Waals surface area (Å²) in [6.07, 6.45) is -4.46. The van der Waals surface area contributed by atoms with Gasteiger partial charge in [-0.1, -0.05) is 20.8 Å². The number of rotatable bonds is 16. The van der Waals surface area contributed by atoms with Crippen molar-refractivity contribution in [3.05, 3.63) is 17.7 Å². The summed E-state index contributed by atoms with van der Waals surface area (Å²) in [4.78, 5) is 12.7. The van der Waals surface area contributed by atoms with Gasteiger partial charge in [0, 0.05) is 12.1 Å². The van der Waals surface area contributed by atoms with Crippen LogP contribution in [0.5, 0.6) is 17.2 Å². The Kier molecular flexibility index (Phi) is 13.0. The number of carbonyl (C=O) groups excluding carboxylic acids is 1. The van der Waals surface area contributed by atoms with E-state index in [1.165, 1.54) is 12.1 Å². The van der Waals surface area contributed by atoms with Crippen LogP contribution in [0.25, 0.3) is 0 Å². The predicted molar refractivity (Wildman–Crippen MR) is 117 cm³/mol. The van der Waals surface area contributed by atoms with Gasteiger partial charge in [0.25, 0.3) is 5.91 Å². The lowest BCUT2D eigenvalue weighted by atomic mass is 10.0. The quantitative estimate of drug-likeness (QED) is 0.203. The molecule has 0 saturated carbocycles. The third-order valence-corrected chi connectivity index (χ3v) is 4.45. The van der Waals surface area contributed by atoms with Crippen molar-refractivity contribution in [1.82, 2.24) is 5.32 Å². The van der Waals surface area contributed by atoms with Crippen LogP contribution in [0.3, 0.4) is 0 Å². The van der Waals surface area contributed by atoms with E-state index in [-0.39, 0.29) is 5.56 Å². The molecule has 1 amide bonds. The van der Waals surface area contributed by atoms with E-state index in [9.17, 15) is 25.2 Å². The second kappa shape index (κ2) is 14.9. The highest BCUT2D eigenvalue weighted by Crippen LogP contribution is 2.39. The van der Waals surface area contributed by atoms with Gasteiger partial charge in [-0.15, -0.1) is 0 Å². The first kappa shape index (κ1) is 27.9. The molecule has 1 rings (SSSR count).